The quantitative estimate of drug-likeness (QED) is 0.663. The van der Waals surface area contributed by atoms with Crippen molar-refractivity contribution in [3.8, 4) is 0 Å². The molecule has 4 rings (SSSR count). The number of rotatable bonds is 5. The Labute approximate surface area is 184 Å². The lowest BCUT2D eigenvalue weighted by molar-refractivity contribution is -0.116. The van der Waals surface area contributed by atoms with Gasteiger partial charge in [-0.25, -0.2) is 4.98 Å². The lowest BCUT2D eigenvalue weighted by atomic mass is 9.99. The molecule has 160 valence electrons. The molecule has 1 saturated heterocycles. The molecule has 31 heavy (non-hydrogen) atoms. The summed E-state index contributed by atoms with van der Waals surface area (Å²) in [7, 11) is 0. The van der Waals surface area contributed by atoms with Crippen LogP contribution in [0, 0.1) is 13.8 Å². The first-order valence-corrected chi connectivity index (χ1v) is 11.1. The van der Waals surface area contributed by atoms with Gasteiger partial charge in [-0.15, -0.1) is 11.3 Å². The van der Waals surface area contributed by atoms with E-state index in [1.54, 1.807) is 11.6 Å². The van der Waals surface area contributed by atoms with Gasteiger partial charge in [-0.1, -0.05) is 18.2 Å². The van der Waals surface area contributed by atoms with Crippen LogP contribution >= 0.6 is 11.3 Å². The van der Waals surface area contributed by atoms with Crippen molar-refractivity contribution in [2.45, 2.75) is 39.3 Å². The van der Waals surface area contributed by atoms with Crippen LogP contribution in [-0.4, -0.2) is 32.8 Å². The summed E-state index contributed by atoms with van der Waals surface area (Å²) in [5.41, 5.74) is 3.62. The number of aryl methyl sites for hydroxylation is 2. The molecule has 1 aromatic carbocycles. The molecular weight excluding hydrogens is 412 g/mol. The molecule has 1 aliphatic heterocycles. The average Bonchev–Trinajstić information content (AvgIpc) is 3.43. The summed E-state index contributed by atoms with van der Waals surface area (Å²) in [6, 6.07) is 9.21. The molecule has 0 radical (unpaired) electrons. The van der Waals surface area contributed by atoms with Gasteiger partial charge in [0.15, 0.2) is 5.13 Å². The third kappa shape index (κ3) is 4.59. The molecule has 1 N–H and O–H groups in total. The fourth-order valence-corrected chi connectivity index (χ4v) is 4.42. The van der Waals surface area contributed by atoms with Crippen LogP contribution in [0.4, 0.5) is 5.13 Å². The van der Waals surface area contributed by atoms with Crippen molar-refractivity contribution in [3.05, 3.63) is 80.7 Å². The largest absolute Gasteiger partial charge is 0.332 e. The number of nitrogens with zero attached hydrogens (tertiary/aromatic N) is 3. The number of amides is 2. The standard InChI is InChI=1S/C23H24N4O3S/c1-15-5-6-17(12-16(15)2)19-4-3-10-27(19)22(30)18-7-8-21(29)26(13-18)14-20(28)25-23-24-9-11-31-23/h5-9,11-13,19H,3-4,10,14H2,1-2H3,(H,24,25,28)/t19-/m0/s1. The molecule has 0 bridgehead atoms. The minimum absolute atomic E-state index is 0.0142. The minimum Gasteiger partial charge on any atom is -0.332 e. The Hall–Kier alpha value is -3.26. The second-order valence-electron chi connectivity index (χ2n) is 7.77. The molecule has 1 atom stereocenters. The van der Waals surface area contributed by atoms with E-state index in [-0.39, 0.29) is 30.0 Å². The first kappa shape index (κ1) is 21.0. The summed E-state index contributed by atoms with van der Waals surface area (Å²) in [4.78, 5) is 43.7. The van der Waals surface area contributed by atoms with Gasteiger partial charge in [0.2, 0.25) is 5.91 Å². The molecule has 2 aromatic heterocycles. The van der Waals surface area contributed by atoms with Gasteiger partial charge < -0.3 is 14.8 Å². The van der Waals surface area contributed by atoms with Crippen molar-refractivity contribution in [3.63, 3.8) is 0 Å². The molecule has 7 nitrogen and oxygen atoms in total. The second-order valence-corrected chi connectivity index (χ2v) is 8.66. The van der Waals surface area contributed by atoms with E-state index in [1.165, 1.54) is 45.4 Å². The summed E-state index contributed by atoms with van der Waals surface area (Å²) in [5.74, 6) is -0.495. The number of hydrogen-bond acceptors (Lipinski definition) is 5. The number of likely N-dealkylation sites (tertiary alicyclic amines) is 1. The molecule has 0 saturated carbocycles. The van der Waals surface area contributed by atoms with Crippen molar-refractivity contribution >= 4 is 28.3 Å². The van der Waals surface area contributed by atoms with E-state index >= 15 is 0 Å². The van der Waals surface area contributed by atoms with Crippen molar-refractivity contribution in [2.75, 3.05) is 11.9 Å². The van der Waals surface area contributed by atoms with E-state index in [1.807, 2.05) is 4.90 Å². The number of anilines is 1. The highest BCUT2D eigenvalue weighted by atomic mass is 32.1. The number of nitrogens with one attached hydrogen (secondary N) is 1. The number of hydrogen-bond donors (Lipinski definition) is 1. The van der Waals surface area contributed by atoms with Gasteiger partial charge in [0.05, 0.1) is 11.6 Å². The third-order valence-corrected chi connectivity index (χ3v) is 6.34. The van der Waals surface area contributed by atoms with Gasteiger partial charge in [0.1, 0.15) is 6.54 Å². The maximum absolute atomic E-state index is 13.3. The summed E-state index contributed by atoms with van der Waals surface area (Å²) < 4.78 is 1.26. The Morgan fingerprint density at radius 2 is 2.03 bits per heavy atom. The van der Waals surface area contributed by atoms with Crippen molar-refractivity contribution in [1.82, 2.24) is 14.5 Å². The zero-order chi connectivity index (χ0) is 22.0. The molecule has 1 fully saturated rings. The topological polar surface area (TPSA) is 84.3 Å². The summed E-state index contributed by atoms with van der Waals surface area (Å²) in [6.45, 7) is 4.64. The number of carbonyl (C=O) groups excluding carboxylic acids is 2. The summed E-state index contributed by atoms with van der Waals surface area (Å²) in [6.07, 6.45) is 4.90. The van der Waals surface area contributed by atoms with Crippen molar-refractivity contribution in [2.24, 2.45) is 0 Å². The van der Waals surface area contributed by atoms with Crippen LogP contribution in [0.3, 0.4) is 0 Å². The Morgan fingerprint density at radius 3 is 2.77 bits per heavy atom. The van der Waals surface area contributed by atoms with Gasteiger partial charge in [-0.2, -0.15) is 0 Å². The van der Waals surface area contributed by atoms with Crippen LogP contribution in [0.25, 0.3) is 0 Å². The highest BCUT2D eigenvalue weighted by Crippen LogP contribution is 2.33. The first-order valence-electron chi connectivity index (χ1n) is 10.2. The van der Waals surface area contributed by atoms with Crippen LogP contribution in [0.1, 0.15) is 45.9 Å². The Kier molecular flexibility index (Phi) is 5.99. The van der Waals surface area contributed by atoms with Crippen molar-refractivity contribution < 1.29 is 9.59 Å². The van der Waals surface area contributed by atoms with Crippen molar-refractivity contribution in [1.29, 1.82) is 0 Å². The van der Waals surface area contributed by atoms with Crippen LogP contribution in [-0.2, 0) is 11.3 Å². The zero-order valence-corrected chi connectivity index (χ0v) is 18.3. The molecule has 8 heteroatoms. The predicted octanol–water partition coefficient (Wildman–Crippen LogP) is 3.54. The summed E-state index contributed by atoms with van der Waals surface area (Å²) >= 11 is 1.30. The lowest BCUT2D eigenvalue weighted by Crippen LogP contribution is -2.33. The smallest absolute Gasteiger partial charge is 0.255 e. The minimum atomic E-state index is -0.365. The Bertz CT molecular complexity index is 1170. The third-order valence-electron chi connectivity index (χ3n) is 5.65. The van der Waals surface area contributed by atoms with Crippen LogP contribution in [0.15, 0.2) is 52.9 Å². The SMILES string of the molecule is Cc1ccc([C@@H]2CCCN2C(=O)c2ccc(=O)n(CC(=O)Nc3nccs3)c2)cc1C. The predicted molar refractivity (Wildman–Crippen MR) is 120 cm³/mol. The molecule has 0 unspecified atom stereocenters. The highest BCUT2D eigenvalue weighted by molar-refractivity contribution is 7.13. The number of carbonyl (C=O) groups is 2. The van der Waals surface area contributed by atoms with E-state index in [9.17, 15) is 14.4 Å². The fraction of sp³-hybridized carbons (Fsp3) is 0.304. The lowest BCUT2D eigenvalue weighted by Gasteiger charge is -2.26. The van der Waals surface area contributed by atoms with E-state index in [4.69, 9.17) is 0 Å². The van der Waals surface area contributed by atoms with Gasteiger partial charge in [0.25, 0.3) is 11.5 Å². The van der Waals surface area contributed by atoms with Crippen LogP contribution in [0.2, 0.25) is 0 Å². The number of pyridine rings is 1. The normalized spacial score (nSPS) is 15.8. The maximum Gasteiger partial charge on any atom is 0.255 e. The number of thiazole rings is 1. The Morgan fingerprint density at radius 1 is 1.19 bits per heavy atom. The number of aromatic nitrogens is 2. The maximum atomic E-state index is 13.3. The zero-order valence-electron chi connectivity index (χ0n) is 17.5. The number of benzene rings is 1. The first-order chi connectivity index (χ1) is 14.9. The van der Waals surface area contributed by atoms with E-state index in [2.05, 4.69) is 42.3 Å². The average molecular weight is 437 g/mol. The van der Waals surface area contributed by atoms with E-state index < -0.39 is 0 Å². The summed E-state index contributed by atoms with van der Waals surface area (Å²) in [5, 5.41) is 4.88. The van der Waals surface area contributed by atoms with Gasteiger partial charge in [-0.05, 0) is 49.4 Å². The fourth-order valence-electron chi connectivity index (χ4n) is 3.87. The van der Waals surface area contributed by atoms with Crippen LogP contribution in [0.5, 0.6) is 0 Å². The van der Waals surface area contributed by atoms with Gasteiger partial charge >= 0.3 is 0 Å². The van der Waals surface area contributed by atoms with Gasteiger partial charge in [0, 0.05) is 30.4 Å². The van der Waals surface area contributed by atoms with Crippen LogP contribution < -0.4 is 10.9 Å². The molecule has 2 amide bonds. The molecule has 0 aliphatic carbocycles. The highest BCUT2D eigenvalue weighted by Gasteiger charge is 2.31. The van der Waals surface area contributed by atoms with E-state index in [0.717, 1.165) is 18.4 Å². The van der Waals surface area contributed by atoms with Gasteiger partial charge in [-0.3, -0.25) is 14.4 Å². The molecule has 1 aliphatic rings. The molecule has 3 aromatic rings. The Balaban J connectivity index is 1.53. The molecule has 0 spiro atoms. The molecule has 3 heterocycles. The monoisotopic (exact) mass is 436 g/mol. The molecular formula is C23H24N4O3S. The second kappa shape index (κ2) is 8.85. The van der Waals surface area contributed by atoms with E-state index in [0.29, 0.717) is 17.2 Å².